The lowest BCUT2D eigenvalue weighted by Gasteiger charge is -2.16. The summed E-state index contributed by atoms with van der Waals surface area (Å²) in [5.41, 5.74) is 2.89. The molecule has 3 aromatic carbocycles. The maximum absolute atomic E-state index is 13.0. The number of hydrogen-bond donors (Lipinski definition) is 2. The van der Waals surface area contributed by atoms with E-state index in [1.165, 1.54) is 11.8 Å². The Morgan fingerprint density at radius 1 is 0.944 bits per heavy atom. The first kappa shape index (κ1) is 23.8. The quantitative estimate of drug-likeness (QED) is 0.304. The summed E-state index contributed by atoms with van der Waals surface area (Å²) in [5, 5.41) is 15.4. The molecule has 1 saturated carbocycles. The molecular weight excluding hydrogens is 470 g/mol. The van der Waals surface area contributed by atoms with E-state index in [9.17, 15) is 9.59 Å². The molecule has 4 aromatic rings. The van der Waals surface area contributed by atoms with E-state index in [1.807, 2.05) is 72.2 Å². The lowest BCUT2D eigenvalue weighted by molar-refractivity contribution is -0.113. The van der Waals surface area contributed by atoms with E-state index < -0.39 is 0 Å². The van der Waals surface area contributed by atoms with Gasteiger partial charge in [-0.2, -0.15) is 0 Å². The van der Waals surface area contributed by atoms with Crippen LogP contribution in [-0.4, -0.2) is 32.3 Å². The molecule has 8 heteroatoms. The van der Waals surface area contributed by atoms with Crippen LogP contribution >= 0.6 is 11.8 Å². The van der Waals surface area contributed by atoms with Crippen LogP contribution < -0.4 is 10.6 Å². The monoisotopic (exact) mass is 497 g/mol. The topological polar surface area (TPSA) is 88.9 Å². The highest BCUT2D eigenvalue weighted by atomic mass is 32.2. The largest absolute Gasteiger partial charge is 0.345 e. The van der Waals surface area contributed by atoms with E-state index in [0.29, 0.717) is 22.3 Å². The number of anilines is 1. The second-order valence-electron chi connectivity index (χ2n) is 8.77. The van der Waals surface area contributed by atoms with Crippen LogP contribution in [0.5, 0.6) is 0 Å². The highest BCUT2D eigenvalue weighted by Gasteiger charge is 2.31. The third kappa shape index (κ3) is 5.49. The molecule has 0 radical (unpaired) electrons. The van der Waals surface area contributed by atoms with Gasteiger partial charge in [0, 0.05) is 11.6 Å². The van der Waals surface area contributed by atoms with Crippen LogP contribution in [-0.2, 0) is 4.79 Å². The molecule has 0 unspecified atom stereocenters. The van der Waals surface area contributed by atoms with Gasteiger partial charge in [-0.05, 0) is 49.6 Å². The Labute approximate surface area is 214 Å². The van der Waals surface area contributed by atoms with Gasteiger partial charge in [0.1, 0.15) is 5.82 Å². The third-order valence-electron chi connectivity index (χ3n) is 6.04. The Hall–Kier alpha value is -3.91. The molecule has 1 atom stereocenters. The Morgan fingerprint density at radius 2 is 1.61 bits per heavy atom. The lowest BCUT2D eigenvalue weighted by atomic mass is 10.1. The molecule has 1 aromatic heterocycles. The summed E-state index contributed by atoms with van der Waals surface area (Å²) in [5.74, 6) is 1.05. The van der Waals surface area contributed by atoms with Gasteiger partial charge in [-0.25, -0.2) is 0 Å². The first-order valence-electron chi connectivity index (χ1n) is 12.0. The maximum Gasteiger partial charge on any atom is 0.253 e. The minimum Gasteiger partial charge on any atom is -0.345 e. The standard InChI is InChI=1S/C28H27N5O2S/c1-19(20-10-4-2-5-11-20)29-27(35)23-14-8-9-15-24(23)30-25(34)18-36-28-32-31-26(21-16-17-21)33(28)22-12-6-3-7-13-22/h2-15,19,21H,16-18H2,1H3,(H,29,35)(H,30,34)/t19-/m1/s1. The van der Waals surface area contributed by atoms with Gasteiger partial charge in [0.15, 0.2) is 5.16 Å². The van der Waals surface area contributed by atoms with E-state index in [4.69, 9.17) is 0 Å². The molecule has 2 amide bonds. The van der Waals surface area contributed by atoms with Crippen LogP contribution in [0.1, 0.15) is 53.5 Å². The van der Waals surface area contributed by atoms with Gasteiger partial charge < -0.3 is 10.6 Å². The molecule has 1 fully saturated rings. The molecule has 36 heavy (non-hydrogen) atoms. The number of para-hydroxylation sites is 2. The van der Waals surface area contributed by atoms with E-state index in [-0.39, 0.29) is 23.6 Å². The first-order valence-corrected chi connectivity index (χ1v) is 13.0. The van der Waals surface area contributed by atoms with Crippen LogP contribution in [0, 0.1) is 0 Å². The van der Waals surface area contributed by atoms with Crippen molar-refractivity contribution in [1.29, 1.82) is 0 Å². The predicted octanol–water partition coefficient (Wildman–Crippen LogP) is 5.37. The van der Waals surface area contributed by atoms with Crippen molar-refractivity contribution in [3.05, 3.63) is 102 Å². The number of rotatable bonds is 9. The van der Waals surface area contributed by atoms with Crippen molar-refractivity contribution in [2.24, 2.45) is 0 Å². The number of aromatic nitrogens is 3. The van der Waals surface area contributed by atoms with Gasteiger partial charge in [0.2, 0.25) is 5.91 Å². The summed E-state index contributed by atoms with van der Waals surface area (Å²) < 4.78 is 2.04. The van der Waals surface area contributed by atoms with Crippen LogP contribution in [0.2, 0.25) is 0 Å². The molecule has 0 bridgehead atoms. The highest BCUT2D eigenvalue weighted by Crippen LogP contribution is 2.41. The fourth-order valence-corrected chi connectivity index (χ4v) is 4.77. The molecule has 2 N–H and O–H groups in total. The average molecular weight is 498 g/mol. The lowest BCUT2D eigenvalue weighted by Crippen LogP contribution is -2.28. The molecule has 1 aliphatic carbocycles. The summed E-state index contributed by atoms with van der Waals surface area (Å²) in [6, 6.07) is 26.6. The number of carbonyl (C=O) groups excluding carboxylic acids is 2. The van der Waals surface area contributed by atoms with Crippen LogP contribution in [0.3, 0.4) is 0 Å². The summed E-state index contributed by atoms with van der Waals surface area (Å²) in [4.78, 5) is 25.9. The number of nitrogens with zero attached hydrogens (tertiary/aromatic N) is 3. The number of carbonyl (C=O) groups is 2. The second kappa shape index (κ2) is 10.8. The van der Waals surface area contributed by atoms with Crippen molar-refractivity contribution in [1.82, 2.24) is 20.1 Å². The summed E-state index contributed by atoms with van der Waals surface area (Å²) in [6.07, 6.45) is 2.22. The fraction of sp³-hybridized carbons (Fsp3) is 0.214. The smallest absolute Gasteiger partial charge is 0.253 e. The van der Waals surface area contributed by atoms with E-state index in [0.717, 1.165) is 29.9 Å². The van der Waals surface area contributed by atoms with Crippen molar-refractivity contribution in [3.8, 4) is 5.69 Å². The second-order valence-corrected chi connectivity index (χ2v) is 9.72. The third-order valence-corrected chi connectivity index (χ3v) is 6.97. The van der Waals surface area contributed by atoms with Crippen LogP contribution in [0.25, 0.3) is 5.69 Å². The van der Waals surface area contributed by atoms with E-state index in [2.05, 4.69) is 20.8 Å². The van der Waals surface area contributed by atoms with E-state index in [1.54, 1.807) is 24.3 Å². The predicted molar refractivity (Wildman–Crippen MR) is 141 cm³/mol. The molecule has 0 saturated heterocycles. The molecular formula is C28H27N5O2S. The Balaban J connectivity index is 1.26. The van der Waals surface area contributed by atoms with Gasteiger partial charge in [-0.3, -0.25) is 14.2 Å². The average Bonchev–Trinajstić information content (AvgIpc) is 3.67. The van der Waals surface area contributed by atoms with Gasteiger partial charge >= 0.3 is 0 Å². The van der Waals surface area contributed by atoms with Gasteiger partial charge in [0.05, 0.1) is 23.0 Å². The fourth-order valence-electron chi connectivity index (χ4n) is 4.01. The molecule has 0 aliphatic heterocycles. The summed E-state index contributed by atoms with van der Waals surface area (Å²) in [6.45, 7) is 1.93. The minimum atomic E-state index is -0.243. The van der Waals surface area contributed by atoms with Gasteiger partial charge in [0.25, 0.3) is 5.91 Å². The summed E-state index contributed by atoms with van der Waals surface area (Å²) >= 11 is 1.33. The zero-order valence-corrected chi connectivity index (χ0v) is 20.7. The van der Waals surface area contributed by atoms with Crippen molar-refractivity contribution < 1.29 is 9.59 Å². The van der Waals surface area contributed by atoms with Crippen LogP contribution in [0.15, 0.2) is 90.1 Å². The van der Waals surface area contributed by atoms with Crippen molar-refractivity contribution in [3.63, 3.8) is 0 Å². The number of amides is 2. The Bertz CT molecular complexity index is 1350. The number of hydrogen-bond acceptors (Lipinski definition) is 5. The number of nitrogens with one attached hydrogen (secondary N) is 2. The molecule has 7 nitrogen and oxygen atoms in total. The van der Waals surface area contributed by atoms with Crippen molar-refractivity contribution in [2.75, 3.05) is 11.1 Å². The van der Waals surface area contributed by atoms with Crippen molar-refractivity contribution >= 4 is 29.3 Å². The Kier molecular flexibility index (Phi) is 7.13. The SMILES string of the molecule is C[C@@H](NC(=O)c1ccccc1NC(=O)CSc1nnc(C2CC2)n1-c1ccccc1)c1ccccc1. The Morgan fingerprint density at radius 3 is 2.33 bits per heavy atom. The molecule has 182 valence electrons. The number of benzene rings is 3. The van der Waals surface area contributed by atoms with E-state index >= 15 is 0 Å². The molecule has 5 rings (SSSR count). The zero-order valence-electron chi connectivity index (χ0n) is 19.9. The van der Waals surface area contributed by atoms with Gasteiger partial charge in [-0.1, -0.05) is 72.4 Å². The minimum absolute atomic E-state index is 0.145. The van der Waals surface area contributed by atoms with Crippen molar-refractivity contribution in [2.45, 2.75) is 36.9 Å². The highest BCUT2D eigenvalue weighted by molar-refractivity contribution is 7.99. The maximum atomic E-state index is 13.0. The molecule has 0 spiro atoms. The van der Waals surface area contributed by atoms with Crippen LogP contribution in [0.4, 0.5) is 5.69 Å². The normalized spacial score (nSPS) is 13.7. The molecule has 1 aliphatic rings. The molecule has 1 heterocycles. The van der Waals surface area contributed by atoms with Gasteiger partial charge in [-0.15, -0.1) is 10.2 Å². The first-order chi connectivity index (χ1) is 17.6. The number of thioether (sulfide) groups is 1. The summed E-state index contributed by atoms with van der Waals surface area (Å²) in [7, 11) is 0. The zero-order chi connectivity index (χ0) is 24.9.